The first-order chi connectivity index (χ1) is 13.0. The largest absolute Gasteiger partial charge is 0.365 e. The molecule has 2 fully saturated rings. The Bertz CT molecular complexity index is 870. The van der Waals surface area contributed by atoms with E-state index in [2.05, 4.69) is 78.0 Å². The predicted molar refractivity (Wildman–Crippen MR) is 106 cm³/mol. The second kappa shape index (κ2) is 6.41. The molecule has 4 rings (SSSR count). The fourth-order valence-corrected chi connectivity index (χ4v) is 4.71. The highest BCUT2D eigenvalue weighted by Crippen LogP contribution is 2.47. The van der Waals surface area contributed by atoms with Crippen LogP contribution in [-0.2, 0) is 10.3 Å². The fourth-order valence-electron chi connectivity index (χ4n) is 4.71. The zero-order valence-corrected chi connectivity index (χ0v) is 15.8. The summed E-state index contributed by atoms with van der Waals surface area (Å²) in [6.07, 6.45) is 2.82. The van der Waals surface area contributed by atoms with Crippen molar-refractivity contribution in [1.29, 1.82) is 0 Å². The Morgan fingerprint density at radius 2 is 1.52 bits per heavy atom. The Kier molecular flexibility index (Phi) is 4.17. The molecule has 2 aliphatic rings. The van der Waals surface area contributed by atoms with E-state index in [1.54, 1.807) is 0 Å². The Morgan fingerprint density at radius 3 is 2.11 bits per heavy atom. The Morgan fingerprint density at radius 1 is 0.889 bits per heavy atom. The van der Waals surface area contributed by atoms with Gasteiger partial charge in [-0.05, 0) is 49.8 Å². The van der Waals surface area contributed by atoms with Crippen molar-refractivity contribution in [1.82, 2.24) is 10.6 Å². The van der Waals surface area contributed by atoms with Crippen LogP contribution in [0, 0.1) is 6.92 Å². The zero-order chi connectivity index (χ0) is 19.1. The summed E-state index contributed by atoms with van der Waals surface area (Å²) in [7, 11) is 2.14. The molecular weight excluding hydrogens is 338 g/mol. The number of benzene rings is 2. The number of aryl methyl sites for hydroxylation is 1. The number of para-hydroxylation sites is 1. The van der Waals surface area contributed by atoms with Crippen LogP contribution in [0.3, 0.4) is 0 Å². The Hall–Kier alpha value is -2.82. The van der Waals surface area contributed by atoms with E-state index < -0.39 is 5.54 Å². The predicted octanol–water partition coefficient (Wildman–Crippen LogP) is 3.48. The van der Waals surface area contributed by atoms with Crippen molar-refractivity contribution in [3.63, 3.8) is 0 Å². The van der Waals surface area contributed by atoms with Crippen LogP contribution in [0.15, 0.2) is 54.6 Å². The number of rotatable bonds is 3. The first kappa shape index (κ1) is 17.6. The topological polar surface area (TPSA) is 61.4 Å². The molecule has 0 unspecified atom stereocenters. The standard InChI is InChI=1S/C22H25N3O2/c1-16-8-6-7-11-18(16)25(2)22(17-9-4-3-5-10-17)14-12-21(13-15-22)19(26)23-20(27)24-21/h3-11H,12-15H2,1-2H3,(H2,23,24,26,27). The van der Waals surface area contributed by atoms with Gasteiger partial charge in [0.05, 0.1) is 5.54 Å². The van der Waals surface area contributed by atoms with E-state index in [1.165, 1.54) is 16.8 Å². The third-order valence-electron chi connectivity index (χ3n) is 6.38. The summed E-state index contributed by atoms with van der Waals surface area (Å²) in [6, 6.07) is 18.5. The summed E-state index contributed by atoms with van der Waals surface area (Å²) in [5, 5.41) is 5.29. The summed E-state index contributed by atoms with van der Waals surface area (Å²) in [6.45, 7) is 2.12. The summed E-state index contributed by atoms with van der Waals surface area (Å²) in [4.78, 5) is 26.5. The van der Waals surface area contributed by atoms with Gasteiger partial charge in [0.1, 0.15) is 5.54 Å². The highest BCUT2D eigenvalue weighted by Gasteiger charge is 2.53. The average molecular weight is 363 g/mol. The highest BCUT2D eigenvalue weighted by atomic mass is 16.2. The molecule has 2 aromatic rings. The van der Waals surface area contributed by atoms with Gasteiger partial charge in [-0.3, -0.25) is 10.1 Å². The summed E-state index contributed by atoms with van der Waals surface area (Å²) >= 11 is 0. The lowest BCUT2D eigenvalue weighted by atomic mass is 9.68. The van der Waals surface area contributed by atoms with Crippen LogP contribution >= 0.6 is 0 Å². The van der Waals surface area contributed by atoms with Crippen molar-refractivity contribution in [2.24, 2.45) is 0 Å². The van der Waals surface area contributed by atoms with Gasteiger partial charge >= 0.3 is 6.03 Å². The van der Waals surface area contributed by atoms with Gasteiger partial charge in [0.2, 0.25) is 0 Å². The van der Waals surface area contributed by atoms with Crippen LogP contribution in [0.1, 0.15) is 36.8 Å². The number of carbonyl (C=O) groups is 2. The minimum absolute atomic E-state index is 0.187. The quantitative estimate of drug-likeness (QED) is 0.821. The van der Waals surface area contributed by atoms with Gasteiger partial charge in [0.15, 0.2) is 0 Å². The molecule has 1 saturated carbocycles. The van der Waals surface area contributed by atoms with Gasteiger partial charge in [-0.2, -0.15) is 0 Å². The van der Waals surface area contributed by atoms with Crippen molar-refractivity contribution in [3.8, 4) is 0 Å². The maximum Gasteiger partial charge on any atom is 0.322 e. The number of nitrogens with zero attached hydrogens (tertiary/aromatic N) is 1. The molecule has 0 aromatic heterocycles. The van der Waals surface area contributed by atoms with Crippen molar-refractivity contribution in [2.75, 3.05) is 11.9 Å². The minimum atomic E-state index is -0.762. The van der Waals surface area contributed by atoms with E-state index in [1.807, 2.05) is 6.07 Å². The number of nitrogens with one attached hydrogen (secondary N) is 2. The maximum atomic E-state index is 12.4. The first-order valence-electron chi connectivity index (χ1n) is 9.45. The van der Waals surface area contributed by atoms with Gasteiger partial charge in [0.25, 0.3) is 5.91 Å². The van der Waals surface area contributed by atoms with E-state index in [4.69, 9.17) is 0 Å². The van der Waals surface area contributed by atoms with Gasteiger partial charge in [-0.25, -0.2) is 4.79 Å². The van der Waals surface area contributed by atoms with Crippen molar-refractivity contribution in [3.05, 3.63) is 65.7 Å². The number of imide groups is 1. The average Bonchev–Trinajstić information content (AvgIpc) is 2.96. The Balaban J connectivity index is 1.73. The second-order valence-corrected chi connectivity index (χ2v) is 7.73. The second-order valence-electron chi connectivity index (χ2n) is 7.73. The molecule has 1 spiro atoms. The van der Waals surface area contributed by atoms with Gasteiger partial charge < -0.3 is 10.2 Å². The third kappa shape index (κ3) is 2.78. The molecule has 0 atom stereocenters. The fraction of sp³-hybridized carbons (Fsp3) is 0.364. The number of hydrogen-bond donors (Lipinski definition) is 2. The SMILES string of the molecule is Cc1ccccc1N(C)C1(c2ccccc2)CCC2(CC1)NC(=O)NC2=O. The monoisotopic (exact) mass is 363 g/mol. The van der Waals surface area contributed by atoms with Crippen LogP contribution in [0.25, 0.3) is 0 Å². The third-order valence-corrected chi connectivity index (χ3v) is 6.38. The van der Waals surface area contributed by atoms with E-state index in [-0.39, 0.29) is 17.5 Å². The molecule has 5 heteroatoms. The molecule has 3 amide bonds. The van der Waals surface area contributed by atoms with Gasteiger partial charge in [0, 0.05) is 12.7 Å². The number of anilines is 1. The maximum absolute atomic E-state index is 12.4. The molecule has 1 saturated heterocycles. The molecular formula is C22H25N3O2. The van der Waals surface area contributed by atoms with Gasteiger partial charge in [-0.1, -0.05) is 48.5 Å². The summed E-state index contributed by atoms with van der Waals surface area (Å²) < 4.78 is 0. The summed E-state index contributed by atoms with van der Waals surface area (Å²) in [5.74, 6) is -0.187. The van der Waals surface area contributed by atoms with Crippen LogP contribution in [0.4, 0.5) is 10.5 Å². The molecule has 0 bridgehead atoms. The van der Waals surface area contributed by atoms with E-state index in [0.29, 0.717) is 12.8 Å². The molecule has 140 valence electrons. The molecule has 1 aliphatic carbocycles. The molecule has 5 nitrogen and oxygen atoms in total. The molecule has 1 aliphatic heterocycles. The smallest absolute Gasteiger partial charge is 0.322 e. The molecule has 27 heavy (non-hydrogen) atoms. The number of carbonyl (C=O) groups excluding carboxylic acids is 2. The zero-order valence-electron chi connectivity index (χ0n) is 15.8. The lowest BCUT2D eigenvalue weighted by Crippen LogP contribution is -2.56. The molecule has 2 N–H and O–H groups in total. The van der Waals surface area contributed by atoms with Crippen LogP contribution in [0.2, 0.25) is 0 Å². The van der Waals surface area contributed by atoms with Crippen molar-refractivity contribution in [2.45, 2.75) is 43.7 Å². The lowest BCUT2D eigenvalue weighted by Gasteiger charge is -2.50. The number of amides is 3. The summed E-state index contributed by atoms with van der Waals surface area (Å²) in [5.41, 5.74) is 2.68. The molecule has 1 heterocycles. The van der Waals surface area contributed by atoms with E-state index in [9.17, 15) is 9.59 Å². The minimum Gasteiger partial charge on any atom is -0.365 e. The first-order valence-corrected chi connectivity index (χ1v) is 9.45. The number of hydrogen-bond acceptors (Lipinski definition) is 3. The van der Waals surface area contributed by atoms with Crippen LogP contribution in [-0.4, -0.2) is 24.5 Å². The van der Waals surface area contributed by atoms with Crippen LogP contribution < -0.4 is 15.5 Å². The Labute approximate surface area is 159 Å². The van der Waals surface area contributed by atoms with Gasteiger partial charge in [-0.15, -0.1) is 0 Å². The van der Waals surface area contributed by atoms with E-state index >= 15 is 0 Å². The number of urea groups is 1. The lowest BCUT2D eigenvalue weighted by molar-refractivity contribution is -0.125. The van der Waals surface area contributed by atoms with Crippen molar-refractivity contribution < 1.29 is 9.59 Å². The molecule has 0 radical (unpaired) electrons. The normalized spacial score (nSPS) is 27.3. The van der Waals surface area contributed by atoms with Crippen LogP contribution in [0.5, 0.6) is 0 Å². The molecule has 2 aromatic carbocycles. The van der Waals surface area contributed by atoms with Crippen molar-refractivity contribution >= 4 is 17.6 Å². The van der Waals surface area contributed by atoms with E-state index in [0.717, 1.165) is 12.8 Å². The highest BCUT2D eigenvalue weighted by molar-refractivity contribution is 6.07.